The Hall–Kier alpha value is -1.69. The molecule has 6 heteroatoms. The third kappa shape index (κ3) is 3.69. The van der Waals surface area contributed by atoms with Gasteiger partial charge < -0.3 is 4.90 Å². The predicted molar refractivity (Wildman–Crippen MR) is 95.9 cm³/mol. The highest BCUT2D eigenvalue weighted by Gasteiger charge is 2.35. The van der Waals surface area contributed by atoms with Crippen LogP contribution in [0.5, 0.6) is 0 Å². The third-order valence-corrected chi connectivity index (χ3v) is 4.60. The Bertz CT molecular complexity index is 662. The minimum atomic E-state index is -0.284. The van der Waals surface area contributed by atoms with Gasteiger partial charge in [0, 0.05) is 29.5 Å². The number of benzene rings is 1. The maximum Gasteiger partial charge on any atom is 0.261 e. The van der Waals surface area contributed by atoms with Crippen LogP contribution in [0.4, 0.5) is 0 Å². The number of hydrogen-bond acceptors (Lipinski definition) is 3. The van der Waals surface area contributed by atoms with E-state index in [-0.39, 0.29) is 36.3 Å². The molecule has 1 aromatic rings. The topological polar surface area (TPSA) is 57.7 Å². The number of amides is 3. The molecule has 0 bridgehead atoms. The fourth-order valence-corrected chi connectivity index (χ4v) is 3.52. The number of hydrogen-bond donors (Lipinski definition) is 0. The van der Waals surface area contributed by atoms with Gasteiger partial charge in [-0.05, 0) is 52.3 Å². The SMILES string of the molecule is CC(C)N(C(=O)CCCN1C(=O)c2ccc(Br)cc2C1=O)C(C)C. The van der Waals surface area contributed by atoms with Crippen LogP contribution in [0.2, 0.25) is 0 Å². The Balaban J connectivity index is 1.98. The van der Waals surface area contributed by atoms with Crippen molar-refractivity contribution >= 4 is 33.7 Å². The summed E-state index contributed by atoms with van der Waals surface area (Å²) in [6.45, 7) is 8.21. The Morgan fingerprint density at radius 2 is 1.67 bits per heavy atom. The molecule has 1 aliphatic heterocycles. The highest BCUT2D eigenvalue weighted by atomic mass is 79.9. The normalized spacial score (nSPS) is 13.9. The van der Waals surface area contributed by atoms with Crippen molar-refractivity contribution in [1.82, 2.24) is 9.80 Å². The number of halogens is 1. The molecule has 0 atom stereocenters. The average Bonchev–Trinajstić information content (AvgIpc) is 2.71. The lowest BCUT2D eigenvalue weighted by Gasteiger charge is -2.31. The molecule has 0 aliphatic carbocycles. The Morgan fingerprint density at radius 1 is 1.08 bits per heavy atom. The smallest absolute Gasteiger partial charge is 0.261 e. The highest BCUT2D eigenvalue weighted by Crippen LogP contribution is 2.26. The summed E-state index contributed by atoms with van der Waals surface area (Å²) in [5, 5.41) is 0. The van der Waals surface area contributed by atoms with Crippen LogP contribution in [-0.4, -0.2) is 46.1 Å². The van der Waals surface area contributed by atoms with Crippen molar-refractivity contribution in [2.45, 2.75) is 52.6 Å². The van der Waals surface area contributed by atoms with Crippen molar-refractivity contribution in [1.29, 1.82) is 0 Å². The first kappa shape index (κ1) is 18.6. The van der Waals surface area contributed by atoms with Crippen LogP contribution in [0.3, 0.4) is 0 Å². The van der Waals surface area contributed by atoms with Crippen LogP contribution >= 0.6 is 15.9 Å². The van der Waals surface area contributed by atoms with E-state index in [9.17, 15) is 14.4 Å². The van der Waals surface area contributed by atoms with Crippen LogP contribution in [-0.2, 0) is 4.79 Å². The van der Waals surface area contributed by atoms with Gasteiger partial charge >= 0.3 is 0 Å². The summed E-state index contributed by atoms with van der Waals surface area (Å²) >= 11 is 3.31. The van der Waals surface area contributed by atoms with E-state index >= 15 is 0 Å². The maximum absolute atomic E-state index is 12.4. The summed E-state index contributed by atoms with van der Waals surface area (Å²) in [5.41, 5.74) is 0.854. The second-order valence-electron chi connectivity index (χ2n) is 6.54. The molecule has 1 heterocycles. The van der Waals surface area contributed by atoms with Crippen LogP contribution < -0.4 is 0 Å². The van der Waals surface area contributed by atoms with E-state index in [0.717, 1.165) is 4.47 Å². The molecule has 0 saturated carbocycles. The van der Waals surface area contributed by atoms with Gasteiger partial charge in [0.05, 0.1) is 11.1 Å². The highest BCUT2D eigenvalue weighted by molar-refractivity contribution is 9.10. The van der Waals surface area contributed by atoms with Gasteiger partial charge in [0.15, 0.2) is 0 Å². The molecule has 0 unspecified atom stereocenters. The van der Waals surface area contributed by atoms with Crippen LogP contribution in [0.15, 0.2) is 22.7 Å². The Kier molecular flexibility index (Phi) is 5.80. The second-order valence-corrected chi connectivity index (χ2v) is 7.46. The van der Waals surface area contributed by atoms with Gasteiger partial charge in [-0.3, -0.25) is 19.3 Å². The average molecular weight is 395 g/mol. The van der Waals surface area contributed by atoms with E-state index in [1.54, 1.807) is 18.2 Å². The predicted octanol–water partition coefficient (Wildman–Crippen LogP) is 3.47. The maximum atomic E-state index is 12.4. The first-order chi connectivity index (χ1) is 11.2. The van der Waals surface area contributed by atoms with Gasteiger partial charge in [0.25, 0.3) is 11.8 Å². The standard InChI is InChI=1S/C18H23BrN2O3/c1-11(2)21(12(3)4)16(22)6-5-9-20-17(23)14-8-7-13(19)10-15(14)18(20)24/h7-8,10-12H,5-6,9H2,1-4H3. The van der Waals surface area contributed by atoms with E-state index < -0.39 is 0 Å². The van der Waals surface area contributed by atoms with Crippen molar-refractivity contribution in [3.63, 3.8) is 0 Å². The Morgan fingerprint density at radius 3 is 2.25 bits per heavy atom. The van der Waals surface area contributed by atoms with Gasteiger partial charge in [0.1, 0.15) is 0 Å². The van der Waals surface area contributed by atoms with Gasteiger partial charge in [0.2, 0.25) is 5.91 Å². The number of nitrogens with zero attached hydrogens (tertiary/aromatic N) is 2. The van der Waals surface area contributed by atoms with Gasteiger partial charge in [-0.15, -0.1) is 0 Å². The largest absolute Gasteiger partial charge is 0.338 e. The molecular weight excluding hydrogens is 372 g/mol. The lowest BCUT2D eigenvalue weighted by molar-refractivity contribution is -0.134. The van der Waals surface area contributed by atoms with Crippen molar-refractivity contribution in [3.8, 4) is 0 Å². The van der Waals surface area contributed by atoms with Crippen molar-refractivity contribution < 1.29 is 14.4 Å². The van der Waals surface area contributed by atoms with E-state index in [4.69, 9.17) is 0 Å². The minimum absolute atomic E-state index is 0.0550. The second kappa shape index (κ2) is 7.47. The molecular formula is C18H23BrN2O3. The number of carbonyl (C=O) groups excluding carboxylic acids is 3. The Labute approximate surface area is 151 Å². The lowest BCUT2D eigenvalue weighted by atomic mass is 10.1. The van der Waals surface area contributed by atoms with Crippen molar-refractivity contribution in [2.24, 2.45) is 0 Å². The van der Waals surface area contributed by atoms with Gasteiger partial charge in [-0.1, -0.05) is 15.9 Å². The number of imide groups is 1. The van der Waals surface area contributed by atoms with Crippen LogP contribution in [0.1, 0.15) is 61.3 Å². The van der Waals surface area contributed by atoms with Gasteiger partial charge in [-0.2, -0.15) is 0 Å². The van der Waals surface area contributed by atoms with Crippen LogP contribution in [0, 0.1) is 0 Å². The summed E-state index contributed by atoms with van der Waals surface area (Å²) in [7, 11) is 0. The summed E-state index contributed by atoms with van der Waals surface area (Å²) < 4.78 is 0.768. The summed E-state index contributed by atoms with van der Waals surface area (Å²) in [4.78, 5) is 40.1. The molecule has 0 spiro atoms. The quantitative estimate of drug-likeness (QED) is 0.693. The molecule has 0 N–H and O–H groups in total. The summed E-state index contributed by atoms with van der Waals surface area (Å²) in [6, 6.07) is 5.34. The zero-order valence-corrected chi connectivity index (χ0v) is 16.1. The van der Waals surface area contributed by atoms with E-state index in [1.165, 1.54) is 4.90 Å². The van der Waals surface area contributed by atoms with Crippen molar-refractivity contribution in [2.75, 3.05) is 6.54 Å². The first-order valence-electron chi connectivity index (χ1n) is 8.21. The fourth-order valence-electron chi connectivity index (χ4n) is 3.16. The molecule has 24 heavy (non-hydrogen) atoms. The molecule has 1 aliphatic rings. The van der Waals surface area contributed by atoms with E-state index in [2.05, 4.69) is 15.9 Å². The molecule has 2 rings (SSSR count). The van der Waals surface area contributed by atoms with Crippen molar-refractivity contribution in [3.05, 3.63) is 33.8 Å². The molecule has 130 valence electrons. The third-order valence-electron chi connectivity index (χ3n) is 4.11. The van der Waals surface area contributed by atoms with Gasteiger partial charge in [-0.25, -0.2) is 0 Å². The molecule has 0 saturated heterocycles. The molecule has 3 amide bonds. The summed E-state index contributed by atoms with van der Waals surface area (Å²) in [5.74, 6) is -0.507. The number of carbonyl (C=O) groups is 3. The number of rotatable bonds is 6. The van der Waals surface area contributed by atoms with E-state index in [0.29, 0.717) is 24.0 Å². The zero-order chi connectivity index (χ0) is 18.0. The number of fused-ring (bicyclic) bond motifs is 1. The fraction of sp³-hybridized carbons (Fsp3) is 0.500. The molecule has 5 nitrogen and oxygen atoms in total. The van der Waals surface area contributed by atoms with E-state index in [1.807, 2.05) is 32.6 Å². The molecule has 0 aromatic heterocycles. The van der Waals surface area contributed by atoms with Crippen LogP contribution in [0.25, 0.3) is 0 Å². The molecule has 0 radical (unpaired) electrons. The minimum Gasteiger partial charge on any atom is -0.338 e. The lowest BCUT2D eigenvalue weighted by Crippen LogP contribution is -2.42. The first-order valence-corrected chi connectivity index (χ1v) is 9.00. The zero-order valence-electron chi connectivity index (χ0n) is 14.5. The molecule has 0 fully saturated rings. The molecule has 1 aromatic carbocycles. The monoisotopic (exact) mass is 394 g/mol. The summed E-state index contributed by atoms with van der Waals surface area (Å²) in [6.07, 6.45) is 0.800.